The van der Waals surface area contributed by atoms with E-state index < -0.39 is 0 Å². The van der Waals surface area contributed by atoms with Gasteiger partial charge < -0.3 is 4.74 Å². The van der Waals surface area contributed by atoms with Gasteiger partial charge in [-0.1, -0.05) is 31.2 Å². The minimum atomic E-state index is 0.0967. The van der Waals surface area contributed by atoms with E-state index >= 15 is 0 Å². The first kappa shape index (κ1) is 14.3. The van der Waals surface area contributed by atoms with Crippen LogP contribution in [0.25, 0.3) is 0 Å². The van der Waals surface area contributed by atoms with Crippen molar-refractivity contribution in [2.24, 2.45) is 0 Å². The first-order chi connectivity index (χ1) is 8.80. The minimum Gasteiger partial charge on any atom is -0.479 e. The van der Waals surface area contributed by atoms with Crippen LogP contribution >= 0.6 is 0 Å². The molecule has 0 aliphatic carbocycles. The van der Waals surface area contributed by atoms with E-state index in [1.165, 1.54) is 5.56 Å². The highest BCUT2D eigenvalue weighted by molar-refractivity contribution is 5.28. The predicted molar refractivity (Wildman–Crippen MR) is 73.3 cm³/mol. The van der Waals surface area contributed by atoms with Gasteiger partial charge in [0.25, 0.3) is 0 Å². The zero-order valence-corrected chi connectivity index (χ0v) is 11.1. The third-order valence-corrected chi connectivity index (χ3v) is 2.65. The molecule has 3 heteroatoms. The van der Waals surface area contributed by atoms with Gasteiger partial charge in [-0.05, 0) is 31.2 Å². The highest BCUT2D eigenvalue weighted by atomic mass is 16.5. The van der Waals surface area contributed by atoms with Crippen LogP contribution in [0.3, 0.4) is 0 Å². The van der Waals surface area contributed by atoms with Gasteiger partial charge in [0.2, 0.25) is 0 Å². The van der Waals surface area contributed by atoms with Crippen molar-refractivity contribution in [3.8, 4) is 11.8 Å². The molecule has 0 aliphatic heterocycles. The van der Waals surface area contributed by atoms with E-state index in [1.807, 2.05) is 31.2 Å². The number of nitriles is 1. The van der Waals surface area contributed by atoms with Gasteiger partial charge in [0.15, 0.2) is 6.61 Å². The molecule has 0 spiro atoms. The van der Waals surface area contributed by atoms with E-state index in [-0.39, 0.29) is 6.61 Å². The van der Waals surface area contributed by atoms with Crippen molar-refractivity contribution in [3.05, 3.63) is 42.0 Å². The van der Waals surface area contributed by atoms with Gasteiger partial charge in [-0.15, -0.1) is 0 Å². The van der Waals surface area contributed by atoms with Crippen molar-refractivity contribution in [2.45, 2.75) is 20.4 Å². The Morgan fingerprint density at radius 2 is 2.28 bits per heavy atom. The van der Waals surface area contributed by atoms with Gasteiger partial charge in [0.05, 0.1) is 0 Å². The molecular weight excluding hydrogens is 224 g/mol. The lowest BCUT2D eigenvalue weighted by Gasteiger charge is -2.18. The second kappa shape index (κ2) is 8.32. The van der Waals surface area contributed by atoms with Gasteiger partial charge in [0.1, 0.15) is 11.8 Å². The Bertz CT molecular complexity index is 421. The molecule has 1 aromatic rings. The summed E-state index contributed by atoms with van der Waals surface area (Å²) in [5, 5.41) is 8.49. The van der Waals surface area contributed by atoms with E-state index in [0.717, 1.165) is 25.4 Å². The molecule has 0 radical (unpaired) electrons. The second-order valence-corrected chi connectivity index (χ2v) is 3.99. The van der Waals surface area contributed by atoms with Crippen LogP contribution in [-0.2, 0) is 6.54 Å². The number of ether oxygens (including phenoxy) is 1. The van der Waals surface area contributed by atoms with Crippen molar-refractivity contribution in [1.29, 1.82) is 5.26 Å². The van der Waals surface area contributed by atoms with Crippen molar-refractivity contribution < 1.29 is 4.74 Å². The lowest BCUT2D eigenvalue weighted by molar-refractivity contribution is 0.309. The number of likely N-dealkylation sites (N-methyl/N-ethyl adjacent to an activating group) is 1. The van der Waals surface area contributed by atoms with Gasteiger partial charge in [0, 0.05) is 13.1 Å². The van der Waals surface area contributed by atoms with Crippen LogP contribution in [0.2, 0.25) is 0 Å². The van der Waals surface area contributed by atoms with E-state index in [9.17, 15) is 0 Å². The zero-order valence-electron chi connectivity index (χ0n) is 11.1. The highest BCUT2D eigenvalue weighted by Crippen LogP contribution is 2.14. The summed E-state index contributed by atoms with van der Waals surface area (Å²) in [4.78, 5) is 2.34. The molecule has 0 N–H and O–H groups in total. The molecule has 1 aromatic carbocycles. The molecule has 0 saturated carbocycles. The number of hydrogen-bond acceptors (Lipinski definition) is 3. The maximum absolute atomic E-state index is 8.49. The SMILES string of the molecule is C/C=C/CN(CC)Cc1cccc(OCC#N)c1. The van der Waals surface area contributed by atoms with E-state index in [1.54, 1.807) is 0 Å². The Morgan fingerprint density at radius 3 is 2.94 bits per heavy atom. The molecule has 3 nitrogen and oxygen atoms in total. The Kier molecular flexibility index (Phi) is 6.60. The monoisotopic (exact) mass is 244 g/mol. The summed E-state index contributed by atoms with van der Waals surface area (Å²) in [5.41, 5.74) is 1.21. The highest BCUT2D eigenvalue weighted by Gasteiger charge is 2.03. The van der Waals surface area contributed by atoms with Crippen molar-refractivity contribution in [1.82, 2.24) is 4.90 Å². The van der Waals surface area contributed by atoms with Crippen LogP contribution in [0.1, 0.15) is 19.4 Å². The molecule has 18 heavy (non-hydrogen) atoms. The minimum absolute atomic E-state index is 0.0967. The topological polar surface area (TPSA) is 36.3 Å². The lowest BCUT2D eigenvalue weighted by Crippen LogP contribution is -2.22. The standard InChI is InChI=1S/C15H20N2O/c1-3-5-10-17(4-2)13-14-7-6-8-15(12-14)18-11-9-16/h3,5-8,12H,4,10-11,13H2,1-2H3/b5-3+. The quantitative estimate of drug-likeness (QED) is 0.692. The number of rotatable bonds is 7. The molecule has 0 atom stereocenters. The number of benzene rings is 1. The van der Waals surface area contributed by atoms with Crippen molar-refractivity contribution >= 4 is 0 Å². The van der Waals surface area contributed by atoms with E-state index in [2.05, 4.69) is 30.0 Å². The summed E-state index contributed by atoms with van der Waals surface area (Å²) < 4.78 is 5.30. The summed E-state index contributed by atoms with van der Waals surface area (Å²) in [5.74, 6) is 0.760. The maximum atomic E-state index is 8.49. The lowest BCUT2D eigenvalue weighted by atomic mass is 10.2. The average Bonchev–Trinajstić information content (AvgIpc) is 2.41. The molecule has 0 amide bonds. The molecular formula is C15H20N2O. The molecule has 0 unspecified atom stereocenters. The fraction of sp³-hybridized carbons (Fsp3) is 0.400. The summed E-state index contributed by atoms with van der Waals surface area (Å²) in [7, 11) is 0. The third kappa shape index (κ3) is 5.03. The summed E-state index contributed by atoms with van der Waals surface area (Å²) in [6.07, 6.45) is 4.22. The second-order valence-electron chi connectivity index (χ2n) is 3.99. The maximum Gasteiger partial charge on any atom is 0.174 e. The van der Waals surface area contributed by atoms with E-state index in [0.29, 0.717) is 0 Å². The fourth-order valence-electron chi connectivity index (χ4n) is 1.67. The Labute approximate surface area is 109 Å². The van der Waals surface area contributed by atoms with Gasteiger partial charge in [-0.3, -0.25) is 4.90 Å². The van der Waals surface area contributed by atoms with Crippen LogP contribution in [0.15, 0.2) is 36.4 Å². The first-order valence-electron chi connectivity index (χ1n) is 6.22. The summed E-state index contributed by atoms with van der Waals surface area (Å²) >= 11 is 0. The number of hydrogen-bond donors (Lipinski definition) is 0. The van der Waals surface area contributed by atoms with Crippen LogP contribution < -0.4 is 4.74 Å². The number of allylic oxidation sites excluding steroid dienone is 1. The molecule has 1 rings (SSSR count). The van der Waals surface area contributed by atoms with Gasteiger partial charge in [-0.25, -0.2) is 0 Å². The normalized spacial score (nSPS) is 10.8. The Hall–Kier alpha value is -1.79. The van der Waals surface area contributed by atoms with E-state index in [4.69, 9.17) is 10.00 Å². The van der Waals surface area contributed by atoms with Gasteiger partial charge in [-0.2, -0.15) is 5.26 Å². The van der Waals surface area contributed by atoms with Crippen molar-refractivity contribution in [3.63, 3.8) is 0 Å². The summed E-state index contributed by atoms with van der Waals surface area (Å²) in [6, 6.07) is 9.89. The van der Waals surface area contributed by atoms with Crippen LogP contribution in [0.5, 0.6) is 5.75 Å². The Balaban J connectivity index is 2.62. The molecule has 96 valence electrons. The molecule has 0 aromatic heterocycles. The van der Waals surface area contributed by atoms with Crippen LogP contribution in [0, 0.1) is 11.3 Å². The third-order valence-electron chi connectivity index (χ3n) is 2.65. The average molecular weight is 244 g/mol. The molecule has 0 heterocycles. The Morgan fingerprint density at radius 1 is 1.44 bits per heavy atom. The number of nitrogens with zero attached hydrogens (tertiary/aromatic N) is 2. The van der Waals surface area contributed by atoms with Crippen LogP contribution in [-0.4, -0.2) is 24.6 Å². The smallest absolute Gasteiger partial charge is 0.174 e. The van der Waals surface area contributed by atoms with Crippen molar-refractivity contribution in [2.75, 3.05) is 19.7 Å². The molecule has 0 fully saturated rings. The zero-order chi connectivity index (χ0) is 13.2. The summed E-state index contributed by atoms with van der Waals surface area (Å²) in [6.45, 7) is 7.14. The first-order valence-corrected chi connectivity index (χ1v) is 6.22. The largest absolute Gasteiger partial charge is 0.479 e. The fourth-order valence-corrected chi connectivity index (χ4v) is 1.67. The molecule has 0 saturated heterocycles. The van der Waals surface area contributed by atoms with Gasteiger partial charge >= 0.3 is 0 Å². The molecule has 0 aliphatic rings. The molecule has 0 bridgehead atoms. The predicted octanol–water partition coefficient (Wildman–Crippen LogP) is 2.99. The van der Waals surface area contributed by atoms with Crippen LogP contribution in [0.4, 0.5) is 0 Å².